The van der Waals surface area contributed by atoms with Gasteiger partial charge in [-0.1, -0.05) is 6.92 Å². The number of hydrogen-bond donors (Lipinski definition) is 1. The Bertz CT molecular complexity index is 322. The van der Waals surface area contributed by atoms with E-state index in [-0.39, 0.29) is 11.9 Å². The van der Waals surface area contributed by atoms with Crippen LogP contribution in [0.2, 0.25) is 0 Å². The molecule has 1 fully saturated rings. The fraction of sp³-hybridized carbons (Fsp3) is 0.846. The largest absolute Gasteiger partial charge is 0.444 e. The highest BCUT2D eigenvalue weighted by Gasteiger charge is 2.24. The molecule has 0 aromatic rings. The van der Waals surface area contributed by atoms with Gasteiger partial charge in [0.25, 0.3) is 0 Å². The van der Waals surface area contributed by atoms with E-state index >= 15 is 0 Å². The summed E-state index contributed by atoms with van der Waals surface area (Å²) in [5.74, 6) is 1.87. The molecule has 1 saturated heterocycles. The van der Waals surface area contributed by atoms with Crippen molar-refractivity contribution in [3.8, 4) is 0 Å². The molecule has 1 aliphatic rings. The lowest BCUT2D eigenvalue weighted by Crippen LogP contribution is -2.42. The number of carbonyl (C=O) groups excluding carboxylic acids is 2. The van der Waals surface area contributed by atoms with Gasteiger partial charge in [-0.25, -0.2) is 4.79 Å². The number of nitrogens with one attached hydrogen (secondary N) is 1. The number of amides is 2. The van der Waals surface area contributed by atoms with Crippen molar-refractivity contribution in [3.05, 3.63) is 0 Å². The lowest BCUT2D eigenvalue weighted by atomic mass is 10.1. The number of hydrogen-bond acceptors (Lipinski definition) is 4. The molecule has 1 atom stereocenters. The fourth-order valence-corrected chi connectivity index (χ4v) is 2.69. The molecule has 0 aliphatic carbocycles. The number of ether oxygens (including phenoxy) is 1. The van der Waals surface area contributed by atoms with Gasteiger partial charge in [0.05, 0.1) is 5.88 Å². The molecule has 0 aromatic carbocycles. The molecule has 1 aliphatic heterocycles. The Morgan fingerprint density at radius 2 is 2.11 bits per heavy atom. The van der Waals surface area contributed by atoms with E-state index in [1.807, 2.05) is 32.6 Å². The van der Waals surface area contributed by atoms with Gasteiger partial charge >= 0.3 is 6.09 Å². The van der Waals surface area contributed by atoms with E-state index in [0.29, 0.717) is 12.8 Å². The predicted octanol–water partition coefficient (Wildman–Crippen LogP) is 2.21. The Balaban J connectivity index is 2.40. The SMILES string of the molecule is CCC(CC(=O)N1CCSC1)NC(=O)OC(C)(C)C. The summed E-state index contributed by atoms with van der Waals surface area (Å²) in [4.78, 5) is 25.5. The third-order valence-corrected chi connectivity index (χ3v) is 3.71. The maximum atomic E-state index is 12.0. The van der Waals surface area contributed by atoms with Crippen molar-refractivity contribution in [3.63, 3.8) is 0 Å². The second-order valence-electron chi connectivity index (χ2n) is 5.65. The first-order chi connectivity index (χ1) is 8.81. The normalized spacial score (nSPS) is 17.2. The van der Waals surface area contributed by atoms with Gasteiger partial charge in [-0.15, -0.1) is 11.8 Å². The van der Waals surface area contributed by atoms with Crippen molar-refractivity contribution in [2.75, 3.05) is 18.2 Å². The van der Waals surface area contributed by atoms with E-state index in [1.54, 1.807) is 11.8 Å². The Morgan fingerprint density at radius 3 is 2.58 bits per heavy atom. The van der Waals surface area contributed by atoms with Gasteiger partial charge in [0, 0.05) is 24.8 Å². The van der Waals surface area contributed by atoms with Crippen molar-refractivity contribution in [2.45, 2.75) is 52.2 Å². The number of nitrogens with zero attached hydrogens (tertiary/aromatic N) is 1. The van der Waals surface area contributed by atoms with Gasteiger partial charge in [-0.3, -0.25) is 4.79 Å². The summed E-state index contributed by atoms with van der Waals surface area (Å²) in [6, 6.07) is -0.159. The van der Waals surface area contributed by atoms with E-state index in [1.165, 1.54) is 0 Å². The van der Waals surface area contributed by atoms with Gasteiger partial charge in [0.15, 0.2) is 0 Å². The molecular formula is C13H24N2O3S. The van der Waals surface area contributed by atoms with Crippen LogP contribution in [0.5, 0.6) is 0 Å². The van der Waals surface area contributed by atoms with Crippen LogP contribution in [0.3, 0.4) is 0 Å². The number of thioether (sulfide) groups is 1. The van der Waals surface area contributed by atoms with Crippen LogP contribution in [0.25, 0.3) is 0 Å². The van der Waals surface area contributed by atoms with E-state index in [2.05, 4.69) is 5.32 Å². The Kier molecular flexibility index (Phi) is 5.97. The molecule has 0 bridgehead atoms. The van der Waals surface area contributed by atoms with Gasteiger partial charge in [0.1, 0.15) is 5.60 Å². The minimum absolute atomic E-state index is 0.105. The van der Waals surface area contributed by atoms with Crippen LogP contribution in [0, 0.1) is 0 Å². The molecule has 0 saturated carbocycles. The average molecular weight is 288 g/mol. The summed E-state index contributed by atoms with van der Waals surface area (Å²) in [5.41, 5.74) is -0.516. The molecule has 19 heavy (non-hydrogen) atoms. The maximum Gasteiger partial charge on any atom is 0.407 e. The predicted molar refractivity (Wildman–Crippen MR) is 77.1 cm³/mol. The zero-order valence-corrected chi connectivity index (χ0v) is 13.0. The second kappa shape index (κ2) is 7.03. The standard InChI is InChI=1S/C13H24N2O3S/c1-5-10(14-12(17)18-13(2,3)4)8-11(16)15-6-7-19-9-15/h10H,5-9H2,1-4H3,(H,14,17). The first-order valence-electron chi connectivity index (χ1n) is 6.67. The zero-order chi connectivity index (χ0) is 14.5. The first-order valence-corrected chi connectivity index (χ1v) is 7.82. The monoisotopic (exact) mass is 288 g/mol. The van der Waals surface area contributed by atoms with Crippen molar-refractivity contribution in [1.82, 2.24) is 10.2 Å². The highest BCUT2D eigenvalue weighted by molar-refractivity contribution is 7.99. The number of carbonyl (C=O) groups is 2. The fourth-order valence-electron chi connectivity index (χ4n) is 1.72. The quantitative estimate of drug-likeness (QED) is 0.861. The minimum atomic E-state index is -0.516. The van der Waals surface area contributed by atoms with Crippen LogP contribution in [0.1, 0.15) is 40.5 Å². The van der Waals surface area contributed by atoms with Gasteiger partial charge in [-0.05, 0) is 27.2 Å². The van der Waals surface area contributed by atoms with Crippen molar-refractivity contribution in [1.29, 1.82) is 0 Å². The van der Waals surface area contributed by atoms with Crippen LogP contribution in [-0.2, 0) is 9.53 Å². The Morgan fingerprint density at radius 1 is 1.42 bits per heavy atom. The zero-order valence-electron chi connectivity index (χ0n) is 12.2. The van der Waals surface area contributed by atoms with Crippen molar-refractivity contribution < 1.29 is 14.3 Å². The molecule has 0 aromatic heterocycles. The van der Waals surface area contributed by atoms with E-state index < -0.39 is 11.7 Å². The molecule has 110 valence electrons. The molecule has 0 spiro atoms. The molecule has 1 unspecified atom stereocenters. The summed E-state index contributed by atoms with van der Waals surface area (Å²) >= 11 is 1.76. The molecular weight excluding hydrogens is 264 g/mol. The van der Waals surface area contributed by atoms with E-state index in [4.69, 9.17) is 4.74 Å². The number of alkyl carbamates (subject to hydrolysis) is 1. The molecule has 2 amide bonds. The summed E-state index contributed by atoms with van der Waals surface area (Å²) < 4.78 is 5.20. The van der Waals surface area contributed by atoms with Crippen molar-refractivity contribution >= 4 is 23.8 Å². The van der Waals surface area contributed by atoms with Crippen LogP contribution in [0.4, 0.5) is 4.79 Å². The topological polar surface area (TPSA) is 58.6 Å². The highest BCUT2D eigenvalue weighted by atomic mass is 32.2. The molecule has 1 heterocycles. The van der Waals surface area contributed by atoms with E-state index in [9.17, 15) is 9.59 Å². The van der Waals surface area contributed by atoms with Gasteiger partial charge < -0.3 is 15.0 Å². The van der Waals surface area contributed by atoms with Gasteiger partial charge in [0.2, 0.25) is 5.91 Å². The first kappa shape index (κ1) is 16.1. The maximum absolute atomic E-state index is 12.0. The Labute approximate surface area is 119 Å². The summed E-state index contributed by atoms with van der Waals surface area (Å²) in [6.45, 7) is 8.22. The summed E-state index contributed by atoms with van der Waals surface area (Å²) in [7, 11) is 0. The average Bonchev–Trinajstić information content (AvgIpc) is 2.78. The molecule has 1 rings (SSSR count). The van der Waals surface area contributed by atoms with E-state index in [0.717, 1.165) is 18.2 Å². The smallest absolute Gasteiger partial charge is 0.407 e. The second-order valence-corrected chi connectivity index (χ2v) is 6.72. The summed E-state index contributed by atoms with van der Waals surface area (Å²) in [5, 5.41) is 2.76. The van der Waals surface area contributed by atoms with Crippen molar-refractivity contribution in [2.24, 2.45) is 0 Å². The van der Waals surface area contributed by atoms with Crippen LogP contribution >= 0.6 is 11.8 Å². The molecule has 1 N–H and O–H groups in total. The van der Waals surface area contributed by atoms with Crippen LogP contribution in [0.15, 0.2) is 0 Å². The molecule has 6 heteroatoms. The number of rotatable bonds is 4. The highest BCUT2D eigenvalue weighted by Crippen LogP contribution is 2.15. The lowest BCUT2D eigenvalue weighted by Gasteiger charge is -2.24. The third kappa shape index (κ3) is 6.18. The third-order valence-electron chi connectivity index (χ3n) is 2.74. The Hall–Kier alpha value is -0.910. The molecule has 5 nitrogen and oxygen atoms in total. The summed E-state index contributed by atoms with van der Waals surface area (Å²) in [6.07, 6.45) is 0.602. The van der Waals surface area contributed by atoms with Gasteiger partial charge in [-0.2, -0.15) is 0 Å². The van der Waals surface area contributed by atoms with Crippen LogP contribution in [-0.4, -0.2) is 46.7 Å². The lowest BCUT2D eigenvalue weighted by molar-refractivity contribution is -0.130. The minimum Gasteiger partial charge on any atom is -0.444 e. The molecule has 0 radical (unpaired) electrons. The van der Waals surface area contributed by atoms with Crippen LogP contribution < -0.4 is 5.32 Å².